The Labute approximate surface area is 134 Å². The molecule has 21 heavy (non-hydrogen) atoms. The van der Waals surface area contributed by atoms with Gasteiger partial charge in [-0.2, -0.15) is 0 Å². The topological polar surface area (TPSA) is 57.6 Å². The van der Waals surface area contributed by atoms with E-state index in [0.29, 0.717) is 0 Å². The summed E-state index contributed by atoms with van der Waals surface area (Å²) in [6.07, 6.45) is 1.28. The molecule has 0 spiro atoms. The normalized spacial score (nSPS) is 18.4. The van der Waals surface area contributed by atoms with Crippen LogP contribution in [0.4, 0.5) is 4.39 Å². The summed E-state index contributed by atoms with van der Waals surface area (Å²) in [7, 11) is 0. The average Bonchev–Trinajstić information content (AvgIpc) is 2.68. The fourth-order valence-corrected chi connectivity index (χ4v) is 3.32. The van der Waals surface area contributed by atoms with Crippen LogP contribution in [-0.4, -0.2) is 32.2 Å². The molecule has 0 radical (unpaired) electrons. The minimum atomic E-state index is -1.17. The summed E-state index contributed by atoms with van der Waals surface area (Å²) in [5.74, 6) is -2.31. The molecule has 110 valence electrons. The highest BCUT2D eigenvalue weighted by Crippen LogP contribution is 2.35. The van der Waals surface area contributed by atoms with Crippen molar-refractivity contribution in [1.82, 2.24) is 4.90 Å². The number of amides is 1. The molecule has 1 aromatic carbocycles. The molecule has 1 saturated heterocycles. The van der Waals surface area contributed by atoms with Crippen LogP contribution >= 0.6 is 35.6 Å². The first-order valence-corrected chi connectivity index (χ1v) is 7.37. The van der Waals surface area contributed by atoms with Crippen LogP contribution in [0.1, 0.15) is 12.5 Å². The number of aliphatic carboxylic acids is 1. The zero-order valence-corrected chi connectivity index (χ0v) is 13.1. The second-order valence-electron chi connectivity index (χ2n) is 4.20. The van der Waals surface area contributed by atoms with Gasteiger partial charge in [-0.15, -0.1) is 0 Å². The summed E-state index contributed by atoms with van der Waals surface area (Å²) in [4.78, 5) is 24.3. The van der Waals surface area contributed by atoms with Gasteiger partial charge < -0.3 is 5.11 Å². The van der Waals surface area contributed by atoms with Crippen molar-refractivity contribution in [1.29, 1.82) is 0 Å². The van der Waals surface area contributed by atoms with E-state index in [9.17, 15) is 14.0 Å². The van der Waals surface area contributed by atoms with E-state index in [2.05, 4.69) is 0 Å². The van der Waals surface area contributed by atoms with Gasteiger partial charge in [0.05, 0.1) is 9.93 Å². The number of carboxylic acids is 1. The third kappa shape index (κ3) is 3.09. The van der Waals surface area contributed by atoms with E-state index in [1.807, 2.05) is 0 Å². The molecule has 1 aliphatic heterocycles. The molecule has 1 aromatic rings. The number of carbonyl (C=O) groups is 2. The molecule has 0 saturated carbocycles. The van der Waals surface area contributed by atoms with Crippen molar-refractivity contribution < 1.29 is 19.1 Å². The predicted octanol–water partition coefficient (Wildman–Crippen LogP) is 3.15. The zero-order chi connectivity index (χ0) is 15.7. The molecule has 4 nitrogen and oxygen atoms in total. The maximum absolute atomic E-state index is 13.7. The van der Waals surface area contributed by atoms with E-state index < -0.39 is 23.7 Å². The van der Waals surface area contributed by atoms with Crippen LogP contribution < -0.4 is 0 Å². The SMILES string of the molecule is CC(C(=O)O)N1C(=O)C(=Cc2c(F)cccc2Cl)SC1=S. The molecule has 1 amide bonds. The Balaban J connectivity index is 2.39. The van der Waals surface area contributed by atoms with Crippen molar-refractivity contribution in [3.8, 4) is 0 Å². The van der Waals surface area contributed by atoms with E-state index in [0.717, 1.165) is 16.7 Å². The largest absolute Gasteiger partial charge is 0.480 e. The van der Waals surface area contributed by atoms with Crippen LogP contribution in [0.5, 0.6) is 0 Å². The van der Waals surface area contributed by atoms with Crippen LogP contribution in [-0.2, 0) is 9.59 Å². The Morgan fingerprint density at radius 3 is 2.81 bits per heavy atom. The van der Waals surface area contributed by atoms with Crippen LogP contribution in [0.2, 0.25) is 5.02 Å². The number of thiocarbonyl (C=S) groups is 1. The molecular formula is C13H9ClFNO3S2. The smallest absolute Gasteiger partial charge is 0.326 e. The second-order valence-corrected chi connectivity index (χ2v) is 6.28. The Morgan fingerprint density at radius 1 is 1.57 bits per heavy atom. The molecule has 2 rings (SSSR count). The van der Waals surface area contributed by atoms with Gasteiger partial charge in [0.1, 0.15) is 16.2 Å². The molecule has 0 aromatic heterocycles. The summed E-state index contributed by atoms with van der Waals surface area (Å²) >= 11 is 11.8. The van der Waals surface area contributed by atoms with Crippen LogP contribution in [0.15, 0.2) is 23.1 Å². The number of nitrogens with zero attached hydrogens (tertiary/aromatic N) is 1. The highest BCUT2D eigenvalue weighted by Gasteiger charge is 2.38. The molecule has 0 bridgehead atoms. The van der Waals surface area contributed by atoms with E-state index >= 15 is 0 Å². The Kier molecular flexibility index (Phi) is 4.65. The van der Waals surface area contributed by atoms with Gasteiger partial charge in [-0.3, -0.25) is 9.69 Å². The maximum Gasteiger partial charge on any atom is 0.326 e. The number of hydrogen-bond donors (Lipinski definition) is 1. The fraction of sp³-hybridized carbons (Fsp3) is 0.154. The first kappa shape index (κ1) is 15.9. The van der Waals surface area contributed by atoms with Crippen LogP contribution in [0, 0.1) is 5.82 Å². The number of carbonyl (C=O) groups excluding carboxylic acids is 1. The predicted molar refractivity (Wildman–Crippen MR) is 83.5 cm³/mol. The Morgan fingerprint density at radius 2 is 2.24 bits per heavy atom. The molecule has 8 heteroatoms. The number of halogens is 2. The van der Waals surface area contributed by atoms with Crippen LogP contribution in [0.3, 0.4) is 0 Å². The highest BCUT2D eigenvalue weighted by atomic mass is 35.5. The zero-order valence-electron chi connectivity index (χ0n) is 10.7. The number of benzene rings is 1. The van der Waals surface area contributed by atoms with Gasteiger partial charge in [-0.05, 0) is 25.1 Å². The lowest BCUT2D eigenvalue weighted by molar-refractivity contribution is -0.144. The molecule has 1 fully saturated rings. The van der Waals surface area contributed by atoms with E-state index in [4.69, 9.17) is 28.9 Å². The summed E-state index contributed by atoms with van der Waals surface area (Å²) in [6, 6.07) is 3.08. The number of thioether (sulfide) groups is 1. The van der Waals surface area contributed by atoms with E-state index in [-0.39, 0.29) is 19.8 Å². The van der Waals surface area contributed by atoms with Gasteiger partial charge in [-0.1, -0.05) is 41.6 Å². The van der Waals surface area contributed by atoms with Crippen molar-refractivity contribution in [3.05, 3.63) is 39.5 Å². The van der Waals surface area contributed by atoms with Gasteiger partial charge in [-0.25, -0.2) is 9.18 Å². The lowest BCUT2D eigenvalue weighted by Crippen LogP contribution is -2.41. The monoisotopic (exact) mass is 345 g/mol. The Hall–Kier alpha value is -1.44. The molecule has 1 aliphatic rings. The summed E-state index contributed by atoms with van der Waals surface area (Å²) in [6.45, 7) is 1.35. The molecule has 0 aliphatic carbocycles. The van der Waals surface area contributed by atoms with Gasteiger partial charge in [0.15, 0.2) is 0 Å². The van der Waals surface area contributed by atoms with Gasteiger partial charge in [0.2, 0.25) is 0 Å². The first-order valence-electron chi connectivity index (χ1n) is 5.76. The lowest BCUT2D eigenvalue weighted by atomic mass is 10.2. The number of hydrogen-bond acceptors (Lipinski definition) is 4. The Bertz CT molecular complexity index is 657. The standard InChI is InChI=1S/C13H9ClFNO3S2/c1-6(12(18)19)16-11(17)10(21-13(16)20)5-7-8(14)3-2-4-9(7)15/h2-6H,1H3,(H,18,19). The van der Waals surface area contributed by atoms with Gasteiger partial charge in [0, 0.05) is 5.56 Å². The van der Waals surface area contributed by atoms with Crippen molar-refractivity contribution in [2.45, 2.75) is 13.0 Å². The van der Waals surface area contributed by atoms with Crippen molar-refractivity contribution >= 4 is 57.9 Å². The summed E-state index contributed by atoms with van der Waals surface area (Å²) in [5.41, 5.74) is 0.0719. The number of carboxylic acid groups (broad SMARTS) is 1. The van der Waals surface area contributed by atoms with Crippen molar-refractivity contribution in [2.75, 3.05) is 0 Å². The quantitative estimate of drug-likeness (QED) is 0.673. The molecule has 1 heterocycles. The maximum atomic E-state index is 13.7. The molecule has 1 N–H and O–H groups in total. The fourth-order valence-electron chi connectivity index (χ4n) is 1.70. The summed E-state index contributed by atoms with van der Waals surface area (Å²) in [5, 5.41) is 9.14. The first-order chi connectivity index (χ1) is 9.82. The van der Waals surface area contributed by atoms with Gasteiger partial charge in [0.25, 0.3) is 5.91 Å². The minimum Gasteiger partial charge on any atom is -0.480 e. The lowest BCUT2D eigenvalue weighted by Gasteiger charge is -2.18. The number of rotatable bonds is 3. The third-order valence-electron chi connectivity index (χ3n) is 2.84. The van der Waals surface area contributed by atoms with Crippen LogP contribution in [0.25, 0.3) is 6.08 Å². The van der Waals surface area contributed by atoms with E-state index in [1.54, 1.807) is 0 Å². The average molecular weight is 346 g/mol. The molecule has 1 atom stereocenters. The van der Waals surface area contributed by atoms with Crippen molar-refractivity contribution in [3.63, 3.8) is 0 Å². The minimum absolute atomic E-state index is 0.0719. The second kappa shape index (κ2) is 6.13. The van der Waals surface area contributed by atoms with Crippen molar-refractivity contribution in [2.24, 2.45) is 0 Å². The van der Waals surface area contributed by atoms with Gasteiger partial charge >= 0.3 is 5.97 Å². The molecule has 1 unspecified atom stereocenters. The molecular weight excluding hydrogens is 337 g/mol. The third-order valence-corrected chi connectivity index (χ3v) is 4.50. The highest BCUT2D eigenvalue weighted by molar-refractivity contribution is 8.26. The van der Waals surface area contributed by atoms with E-state index in [1.165, 1.54) is 31.2 Å². The summed E-state index contributed by atoms with van der Waals surface area (Å²) < 4.78 is 13.8.